The molecule has 2 spiro atoms. The fourth-order valence-electron chi connectivity index (χ4n) is 4.70. The van der Waals surface area contributed by atoms with Crippen LogP contribution in [-0.2, 0) is 21.6 Å². The van der Waals surface area contributed by atoms with Gasteiger partial charge in [-0.15, -0.1) is 0 Å². The van der Waals surface area contributed by atoms with E-state index in [1.54, 1.807) is 7.11 Å². The topological polar surface area (TPSA) is 50.7 Å². The monoisotopic (exact) mass is 376 g/mol. The van der Waals surface area contributed by atoms with Crippen molar-refractivity contribution in [2.45, 2.75) is 50.8 Å². The van der Waals surface area contributed by atoms with Gasteiger partial charge in [0, 0.05) is 22.6 Å². The average molecular weight is 377 g/mol. The molecule has 0 saturated heterocycles. The lowest BCUT2D eigenvalue weighted by Crippen LogP contribution is -2.53. The molecule has 1 aromatic rings. The fourth-order valence-corrected chi connectivity index (χ4v) is 5.06. The summed E-state index contributed by atoms with van der Waals surface area (Å²) < 4.78 is 6.59. The van der Waals surface area contributed by atoms with Crippen molar-refractivity contribution in [3.63, 3.8) is 0 Å². The third-order valence-electron chi connectivity index (χ3n) is 5.94. The number of halogens is 1. The van der Waals surface area contributed by atoms with Crippen molar-refractivity contribution >= 4 is 27.5 Å². The molecule has 0 aromatic heterocycles. The van der Waals surface area contributed by atoms with Crippen LogP contribution in [0.3, 0.4) is 0 Å². The fraction of sp³-hybridized carbons (Fsp3) is 0.556. The van der Waals surface area contributed by atoms with E-state index in [2.05, 4.69) is 39.4 Å². The van der Waals surface area contributed by atoms with E-state index in [4.69, 9.17) is 9.73 Å². The Morgan fingerprint density at radius 1 is 1.35 bits per heavy atom. The molecular formula is C18H21BrN2O2. The van der Waals surface area contributed by atoms with E-state index in [0.717, 1.165) is 42.1 Å². The Kier molecular flexibility index (Phi) is 3.43. The molecule has 1 atom stereocenters. The number of carbonyl (C=O) groups is 1. The van der Waals surface area contributed by atoms with Crippen molar-refractivity contribution in [1.29, 1.82) is 0 Å². The number of fused-ring (bicyclic) bond motifs is 3. The van der Waals surface area contributed by atoms with Gasteiger partial charge in [0.05, 0.1) is 11.8 Å². The van der Waals surface area contributed by atoms with Crippen LogP contribution in [0.15, 0.2) is 27.7 Å². The zero-order valence-corrected chi connectivity index (χ0v) is 15.1. The summed E-state index contributed by atoms with van der Waals surface area (Å²) in [7, 11) is 1.79. The molecule has 0 radical (unpaired) electrons. The molecule has 4 rings (SSSR count). The molecule has 0 bridgehead atoms. The zero-order valence-electron chi connectivity index (χ0n) is 13.5. The minimum Gasteiger partial charge on any atom is -0.381 e. The highest BCUT2D eigenvalue weighted by Gasteiger charge is 2.61. The number of nitrogens with zero attached hydrogens (tertiary/aromatic N) is 1. The van der Waals surface area contributed by atoms with E-state index < -0.39 is 5.66 Å². The van der Waals surface area contributed by atoms with Gasteiger partial charge in [-0.05, 0) is 56.7 Å². The van der Waals surface area contributed by atoms with E-state index in [-0.39, 0.29) is 11.3 Å². The molecule has 5 heteroatoms. The van der Waals surface area contributed by atoms with E-state index >= 15 is 0 Å². The number of ether oxygens (including phenoxy) is 1. The predicted octanol–water partition coefficient (Wildman–Crippen LogP) is 3.32. The lowest BCUT2D eigenvalue weighted by Gasteiger charge is -2.46. The van der Waals surface area contributed by atoms with Crippen molar-refractivity contribution in [2.24, 2.45) is 10.4 Å². The molecule has 4 nitrogen and oxygen atoms in total. The van der Waals surface area contributed by atoms with E-state index in [1.165, 1.54) is 5.56 Å². The number of benzene rings is 1. The highest BCUT2D eigenvalue weighted by Crippen LogP contribution is 2.59. The van der Waals surface area contributed by atoms with Crippen LogP contribution in [0.25, 0.3) is 0 Å². The third kappa shape index (κ3) is 2.06. The van der Waals surface area contributed by atoms with Gasteiger partial charge in [-0.3, -0.25) is 9.79 Å². The van der Waals surface area contributed by atoms with Crippen molar-refractivity contribution in [1.82, 2.24) is 5.32 Å². The molecule has 1 N–H and O–H groups in total. The molecule has 1 aliphatic heterocycles. The maximum absolute atomic E-state index is 12.3. The Balaban J connectivity index is 1.84. The zero-order chi connectivity index (χ0) is 16.2. The first-order chi connectivity index (χ1) is 11.0. The number of rotatable bonds is 1. The predicted molar refractivity (Wildman–Crippen MR) is 92.5 cm³/mol. The Labute approximate surface area is 144 Å². The van der Waals surface area contributed by atoms with Crippen molar-refractivity contribution in [3.05, 3.63) is 33.8 Å². The largest absolute Gasteiger partial charge is 0.381 e. The number of hydrogen-bond acceptors (Lipinski definition) is 3. The molecule has 1 saturated carbocycles. The van der Waals surface area contributed by atoms with Crippen LogP contribution in [0.1, 0.15) is 43.7 Å². The van der Waals surface area contributed by atoms with Crippen LogP contribution in [0.4, 0.5) is 0 Å². The first-order valence-corrected chi connectivity index (χ1v) is 9.00. The molecular weight excluding hydrogens is 356 g/mol. The molecule has 1 aromatic carbocycles. The minimum atomic E-state index is -0.591. The number of hydrogen-bond donors (Lipinski definition) is 1. The van der Waals surface area contributed by atoms with Gasteiger partial charge in [0.2, 0.25) is 0 Å². The van der Waals surface area contributed by atoms with Crippen molar-refractivity contribution in [2.75, 3.05) is 7.11 Å². The van der Waals surface area contributed by atoms with Gasteiger partial charge in [-0.1, -0.05) is 22.0 Å². The highest BCUT2D eigenvalue weighted by atomic mass is 79.9. The van der Waals surface area contributed by atoms with Crippen LogP contribution >= 0.6 is 15.9 Å². The number of amides is 1. The standard InChI is InChI=1S/C18H21BrN2O2/c1-11-16(22)21-18(20-11)15-9-13(19)4-3-12(15)10-17(18)7-5-14(23-2)6-8-17/h3-4,9,14H,5-8,10H2,1-2H3,(H,21,22)/t14?,17?,18-/m0/s1. The maximum Gasteiger partial charge on any atom is 0.267 e. The summed E-state index contributed by atoms with van der Waals surface area (Å²) in [5, 5.41) is 3.25. The molecule has 23 heavy (non-hydrogen) atoms. The Morgan fingerprint density at radius 2 is 2.09 bits per heavy atom. The van der Waals surface area contributed by atoms with Crippen LogP contribution in [0.2, 0.25) is 0 Å². The van der Waals surface area contributed by atoms with Crippen LogP contribution in [0.5, 0.6) is 0 Å². The summed E-state index contributed by atoms with van der Waals surface area (Å²) in [6, 6.07) is 6.39. The number of aliphatic imine (C=N–C) groups is 1. The Morgan fingerprint density at radius 3 is 2.70 bits per heavy atom. The summed E-state index contributed by atoms with van der Waals surface area (Å²) in [6.45, 7) is 1.81. The summed E-state index contributed by atoms with van der Waals surface area (Å²) in [5.74, 6) is -0.0361. The lowest BCUT2D eigenvalue weighted by molar-refractivity contribution is -0.117. The van der Waals surface area contributed by atoms with E-state index in [9.17, 15) is 4.79 Å². The Bertz CT molecular complexity index is 707. The van der Waals surface area contributed by atoms with Gasteiger partial charge in [-0.2, -0.15) is 0 Å². The molecule has 1 heterocycles. The Hall–Kier alpha value is -1.20. The quantitative estimate of drug-likeness (QED) is 0.816. The average Bonchev–Trinajstić information content (AvgIpc) is 2.97. The van der Waals surface area contributed by atoms with Gasteiger partial charge in [0.15, 0.2) is 5.66 Å². The SMILES string of the molecule is COC1CCC2(CC1)Cc1ccc(Br)cc1[C@@]21N=C(C)C(=O)N1. The van der Waals surface area contributed by atoms with Crippen LogP contribution in [0, 0.1) is 5.41 Å². The normalized spacial score (nSPS) is 35.5. The summed E-state index contributed by atoms with van der Waals surface area (Å²) >= 11 is 3.58. The van der Waals surface area contributed by atoms with Gasteiger partial charge >= 0.3 is 0 Å². The summed E-state index contributed by atoms with van der Waals surface area (Å²) in [5.41, 5.74) is 2.44. The second-order valence-electron chi connectivity index (χ2n) is 7.06. The second kappa shape index (κ2) is 5.15. The second-order valence-corrected chi connectivity index (χ2v) is 7.97. The molecule has 2 aliphatic carbocycles. The molecule has 3 aliphatic rings. The number of carbonyl (C=O) groups excluding carboxylic acids is 1. The van der Waals surface area contributed by atoms with Crippen LogP contribution < -0.4 is 5.32 Å². The molecule has 1 amide bonds. The maximum atomic E-state index is 12.3. The first-order valence-electron chi connectivity index (χ1n) is 8.20. The molecule has 0 unspecified atom stereocenters. The van der Waals surface area contributed by atoms with Gasteiger partial charge in [0.1, 0.15) is 0 Å². The lowest BCUT2D eigenvalue weighted by atomic mass is 9.65. The number of nitrogens with one attached hydrogen (secondary N) is 1. The smallest absolute Gasteiger partial charge is 0.267 e. The van der Waals surface area contributed by atoms with Gasteiger partial charge in [-0.25, -0.2) is 0 Å². The van der Waals surface area contributed by atoms with Gasteiger partial charge in [0.25, 0.3) is 5.91 Å². The van der Waals surface area contributed by atoms with Crippen molar-refractivity contribution < 1.29 is 9.53 Å². The summed E-state index contributed by atoms with van der Waals surface area (Å²) in [4.78, 5) is 17.2. The third-order valence-corrected chi connectivity index (χ3v) is 6.43. The minimum absolute atomic E-state index is 0.0292. The number of methoxy groups -OCH3 is 1. The highest BCUT2D eigenvalue weighted by molar-refractivity contribution is 9.10. The van der Waals surface area contributed by atoms with Gasteiger partial charge < -0.3 is 10.1 Å². The first kappa shape index (κ1) is 15.3. The van der Waals surface area contributed by atoms with E-state index in [0.29, 0.717) is 11.8 Å². The summed E-state index contributed by atoms with van der Waals surface area (Å²) in [6.07, 6.45) is 5.40. The van der Waals surface area contributed by atoms with Crippen molar-refractivity contribution in [3.8, 4) is 0 Å². The molecule has 1 fully saturated rings. The van der Waals surface area contributed by atoms with Crippen LogP contribution in [-0.4, -0.2) is 24.8 Å². The van der Waals surface area contributed by atoms with E-state index in [1.807, 2.05) is 6.92 Å². The molecule has 122 valence electrons.